The molecule has 0 bridgehead atoms. The van der Waals surface area contributed by atoms with E-state index >= 15 is 0 Å². The van der Waals surface area contributed by atoms with Gasteiger partial charge in [-0.3, -0.25) is 4.57 Å². The number of nitriles is 1. The zero-order valence-corrected chi connectivity index (χ0v) is 21.1. The molecule has 0 aliphatic heterocycles. The summed E-state index contributed by atoms with van der Waals surface area (Å²) in [6.07, 6.45) is 1.24. The van der Waals surface area contributed by atoms with Gasteiger partial charge in [0.1, 0.15) is 17.5 Å². The maximum Gasteiger partial charge on any atom is 0.420 e. The predicted octanol–water partition coefficient (Wildman–Crippen LogP) is 5.18. The van der Waals surface area contributed by atoms with E-state index < -0.39 is 29.3 Å². The number of aromatic nitrogens is 1. The molecule has 2 aromatic carbocycles. The van der Waals surface area contributed by atoms with E-state index in [1.807, 2.05) is 6.07 Å². The summed E-state index contributed by atoms with van der Waals surface area (Å²) in [5.41, 5.74) is 1.93. The molecule has 0 aliphatic carbocycles. The third-order valence-corrected chi connectivity index (χ3v) is 5.43. The van der Waals surface area contributed by atoms with E-state index in [9.17, 15) is 19.2 Å². The fraction of sp³-hybridized carbons (Fsp3) is 0.444. The van der Waals surface area contributed by atoms with E-state index in [2.05, 4.69) is 12.2 Å². The summed E-state index contributed by atoms with van der Waals surface area (Å²) in [6.45, 7) is 8.61. The number of ether oxygens (including phenoxy) is 2. The lowest BCUT2D eigenvalue weighted by atomic mass is 10.00. The van der Waals surface area contributed by atoms with Gasteiger partial charge in [-0.1, -0.05) is 31.5 Å². The summed E-state index contributed by atoms with van der Waals surface area (Å²) in [5.74, 6) is -0.976. The second-order valence-corrected chi connectivity index (χ2v) is 9.51. The zero-order chi connectivity index (χ0) is 26.3. The van der Waals surface area contributed by atoms with E-state index in [-0.39, 0.29) is 12.0 Å². The Kier molecular flexibility index (Phi) is 8.88. The largest absolute Gasteiger partial charge is 0.444 e. The van der Waals surface area contributed by atoms with Crippen LogP contribution < -0.4 is 11.1 Å². The number of nitrogens with zero attached hydrogens (tertiary/aromatic N) is 2. The van der Waals surface area contributed by atoms with Gasteiger partial charge in [0, 0.05) is 13.0 Å². The van der Waals surface area contributed by atoms with E-state index in [0.29, 0.717) is 42.0 Å². The predicted molar refractivity (Wildman–Crippen MR) is 134 cm³/mol. The molecule has 0 saturated heterocycles. The summed E-state index contributed by atoms with van der Waals surface area (Å²) in [7, 11) is 0. The number of nitrogens with one attached hydrogen (secondary N) is 1. The molecule has 1 N–H and O–H groups in total. The van der Waals surface area contributed by atoms with E-state index in [0.717, 1.165) is 12.8 Å². The van der Waals surface area contributed by atoms with Crippen LogP contribution in [-0.2, 0) is 22.4 Å². The number of carbonyl (C=O) groups is 1. The van der Waals surface area contributed by atoms with Crippen molar-refractivity contribution in [2.24, 2.45) is 0 Å². The van der Waals surface area contributed by atoms with Crippen LogP contribution in [0.15, 0.2) is 45.6 Å². The third kappa shape index (κ3) is 7.18. The summed E-state index contributed by atoms with van der Waals surface area (Å²) in [4.78, 5) is 24.3. The number of benzene rings is 2. The number of alkyl carbamates (subject to hydrolysis) is 1. The zero-order valence-electron chi connectivity index (χ0n) is 21.1. The summed E-state index contributed by atoms with van der Waals surface area (Å²) < 4.78 is 32.5. The third-order valence-electron chi connectivity index (χ3n) is 5.43. The van der Waals surface area contributed by atoms with Crippen molar-refractivity contribution in [1.29, 1.82) is 5.26 Å². The van der Waals surface area contributed by atoms with Crippen molar-refractivity contribution in [1.82, 2.24) is 9.88 Å². The van der Waals surface area contributed by atoms with Crippen molar-refractivity contribution in [3.05, 3.63) is 58.3 Å². The number of hydrogen-bond donors (Lipinski definition) is 1. The molecule has 0 unspecified atom stereocenters. The molecular formula is C27H32FN3O5. The van der Waals surface area contributed by atoms with Crippen LogP contribution in [0.2, 0.25) is 0 Å². The highest BCUT2D eigenvalue weighted by Crippen LogP contribution is 2.26. The first kappa shape index (κ1) is 27.0. The number of oxazole rings is 1. The van der Waals surface area contributed by atoms with E-state index in [1.165, 1.54) is 10.6 Å². The minimum Gasteiger partial charge on any atom is -0.444 e. The minimum atomic E-state index is -0.948. The first-order valence-electron chi connectivity index (χ1n) is 12.0. The summed E-state index contributed by atoms with van der Waals surface area (Å²) >= 11 is 0. The van der Waals surface area contributed by atoms with Gasteiger partial charge in [-0.15, -0.1) is 0 Å². The first-order chi connectivity index (χ1) is 17.1. The standard InChI is InChI=1S/C27H32FN3O5/c1-5-6-12-34-13-11-31-23-16-19(9-10-24(23)35-26(31)33)18-7-8-20(22(28)15-18)14-21(17-29)30-25(32)36-27(2,3)4/h7-10,15-16,21H,5-6,11-14H2,1-4H3,(H,30,32)/t21-/m0/s1. The average molecular weight is 498 g/mol. The van der Waals surface area contributed by atoms with Crippen molar-refractivity contribution in [3.63, 3.8) is 0 Å². The van der Waals surface area contributed by atoms with Crippen molar-refractivity contribution in [2.45, 2.75) is 65.1 Å². The van der Waals surface area contributed by atoms with E-state index in [1.54, 1.807) is 51.1 Å². The van der Waals surface area contributed by atoms with Crippen LogP contribution in [0, 0.1) is 17.1 Å². The lowest BCUT2D eigenvalue weighted by molar-refractivity contribution is 0.0515. The van der Waals surface area contributed by atoms with Crippen LogP contribution in [0.5, 0.6) is 0 Å². The molecule has 9 heteroatoms. The molecule has 3 rings (SSSR count). The second kappa shape index (κ2) is 11.9. The van der Waals surface area contributed by atoms with Crippen LogP contribution >= 0.6 is 0 Å². The monoisotopic (exact) mass is 497 g/mol. The molecule has 1 atom stereocenters. The smallest absolute Gasteiger partial charge is 0.420 e. The SMILES string of the molecule is CCCCOCCn1c(=O)oc2ccc(-c3ccc(C[C@@H](C#N)NC(=O)OC(C)(C)C)c(F)c3)cc21. The lowest BCUT2D eigenvalue weighted by Crippen LogP contribution is -2.39. The van der Waals surface area contributed by atoms with Crippen LogP contribution in [-0.4, -0.2) is 35.5 Å². The van der Waals surface area contributed by atoms with Crippen LogP contribution in [0.1, 0.15) is 46.1 Å². The average Bonchev–Trinajstić information content (AvgIpc) is 3.12. The number of unbranched alkanes of at least 4 members (excludes halogenated alkanes) is 1. The number of halogens is 1. The Hall–Kier alpha value is -3.64. The van der Waals surface area contributed by atoms with Gasteiger partial charge >= 0.3 is 11.8 Å². The highest BCUT2D eigenvalue weighted by molar-refractivity contribution is 5.80. The molecule has 1 aromatic heterocycles. The molecule has 36 heavy (non-hydrogen) atoms. The Bertz CT molecular complexity index is 1300. The van der Waals surface area contributed by atoms with Gasteiger partial charge in [0.2, 0.25) is 0 Å². The molecule has 1 amide bonds. The van der Waals surface area contributed by atoms with Gasteiger partial charge < -0.3 is 19.2 Å². The Balaban J connectivity index is 1.76. The number of hydrogen-bond acceptors (Lipinski definition) is 6. The number of carbonyl (C=O) groups excluding carboxylic acids is 1. The molecule has 1 heterocycles. The molecule has 0 radical (unpaired) electrons. The highest BCUT2D eigenvalue weighted by atomic mass is 19.1. The van der Waals surface area contributed by atoms with Crippen LogP contribution in [0.4, 0.5) is 9.18 Å². The lowest BCUT2D eigenvalue weighted by Gasteiger charge is -2.21. The quantitative estimate of drug-likeness (QED) is 0.387. The van der Waals surface area contributed by atoms with Crippen LogP contribution in [0.25, 0.3) is 22.2 Å². The molecule has 8 nitrogen and oxygen atoms in total. The number of rotatable bonds is 10. The molecule has 3 aromatic rings. The maximum atomic E-state index is 15.0. The molecule has 0 fully saturated rings. The highest BCUT2D eigenvalue weighted by Gasteiger charge is 2.21. The Labute approximate surface area is 209 Å². The molecular weight excluding hydrogens is 465 g/mol. The second-order valence-electron chi connectivity index (χ2n) is 9.51. The molecule has 192 valence electrons. The minimum absolute atomic E-state index is 0.0137. The molecule has 0 aliphatic rings. The van der Waals surface area contributed by atoms with Crippen molar-refractivity contribution in [3.8, 4) is 17.2 Å². The maximum absolute atomic E-state index is 15.0. The van der Waals surface area contributed by atoms with Crippen molar-refractivity contribution >= 4 is 17.2 Å². The number of fused-ring (bicyclic) bond motifs is 1. The van der Waals surface area contributed by atoms with E-state index in [4.69, 9.17) is 13.9 Å². The molecule has 0 saturated carbocycles. The van der Waals surface area contributed by atoms with Crippen LogP contribution in [0.3, 0.4) is 0 Å². The van der Waals surface area contributed by atoms with Gasteiger partial charge in [0.05, 0.1) is 24.7 Å². The normalized spacial score (nSPS) is 12.3. The Morgan fingerprint density at radius 3 is 2.58 bits per heavy atom. The fourth-order valence-corrected chi connectivity index (χ4v) is 3.65. The van der Waals surface area contributed by atoms with Crippen molar-refractivity contribution < 1.29 is 23.1 Å². The summed E-state index contributed by atoms with van der Waals surface area (Å²) in [5, 5.41) is 11.9. The van der Waals surface area contributed by atoms with Gasteiger partial charge in [-0.05, 0) is 62.1 Å². The van der Waals surface area contributed by atoms with Gasteiger partial charge in [0.25, 0.3) is 0 Å². The van der Waals surface area contributed by atoms with Gasteiger partial charge in [-0.25, -0.2) is 14.0 Å². The summed E-state index contributed by atoms with van der Waals surface area (Å²) in [6, 6.07) is 10.9. The fourth-order valence-electron chi connectivity index (χ4n) is 3.65. The number of amides is 1. The van der Waals surface area contributed by atoms with Crippen molar-refractivity contribution in [2.75, 3.05) is 13.2 Å². The molecule has 0 spiro atoms. The topological polar surface area (TPSA) is 106 Å². The first-order valence-corrected chi connectivity index (χ1v) is 12.0. The Morgan fingerprint density at radius 2 is 1.92 bits per heavy atom. The Morgan fingerprint density at radius 1 is 1.19 bits per heavy atom. The van der Waals surface area contributed by atoms with Gasteiger partial charge in [-0.2, -0.15) is 5.26 Å². The van der Waals surface area contributed by atoms with Gasteiger partial charge in [0.15, 0.2) is 5.58 Å².